The molecule has 1 saturated heterocycles. The van der Waals surface area contributed by atoms with Crippen molar-refractivity contribution in [2.45, 2.75) is 26.3 Å². The molecule has 0 radical (unpaired) electrons. The van der Waals surface area contributed by atoms with Crippen LogP contribution in [0.25, 0.3) is 0 Å². The molecule has 3 heteroatoms. The number of Topliss-reactive ketones (excluding diaryl/α,β-unsaturated/α-hetero) is 1. The number of halogens is 1. The minimum Gasteiger partial charge on any atom is -0.300 e. The van der Waals surface area contributed by atoms with Gasteiger partial charge in [-0.05, 0) is 44.0 Å². The van der Waals surface area contributed by atoms with Gasteiger partial charge in [-0.2, -0.15) is 0 Å². The maximum absolute atomic E-state index is 11.4. The topological polar surface area (TPSA) is 20.3 Å². The minimum absolute atomic E-state index is 0.225. The summed E-state index contributed by atoms with van der Waals surface area (Å²) < 4.78 is 0. The molecular weight excluding hydrogens is 234 g/mol. The zero-order chi connectivity index (χ0) is 12.3. The first-order valence-corrected chi connectivity index (χ1v) is 6.50. The monoisotopic (exact) mass is 251 g/mol. The Morgan fingerprint density at radius 2 is 2.35 bits per heavy atom. The number of hydrogen-bond acceptors (Lipinski definition) is 2. The van der Waals surface area contributed by atoms with E-state index in [0.717, 1.165) is 37.5 Å². The van der Waals surface area contributed by atoms with Crippen LogP contribution in [-0.2, 0) is 11.3 Å². The first-order chi connectivity index (χ1) is 8.15. The summed E-state index contributed by atoms with van der Waals surface area (Å²) in [5, 5.41) is 0.780. The summed E-state index contributed by atoms with van der Waals surface area (Å²) in [7, 11) is 0. The van der Waals surface area contributed by atoms with Crippen molar-refractivity contribution in [2.24, 2.45) is 5.92 Å². The number of carbonyl (C=O) groups is 1. The summed E-state index contributed by atoms with van der Waals surface area (Å²) in [6.45, 7) is 4.57. The van der Waals surface area contributed by atoms with Gasteiger partial charge in [0, 0.05) is 24.0 Å². The normalized spacial score (nSPS) is 21.4. The van der Waals surface area contributed by atoms with E-state index >= 15 is 0 Å². The zero-order valence-corrected chi connectivity index (χ0v) is 10.9. The van der Waals surface area contributed by atoms with Crippen molar-refractivity contribution in [2.75, 3.05) is 13.1 Å². The lowest BCUT2D eigenvalue weighted by Crippen LogP contribution is -2.37. The van der Waals surface area contributed by atoms with Crippen LogP contribution in [0, 0.1) is 5.92 Å². The van der Waals surface area contributed by atoms with E-state index in [0.29, 0.717) is 5.78 Å². The molecule has 0 bridgehead atoms. The number of nitrogens with zero attached hydrogens (tertiary/aromatic N) is 1. The molecule has 1 unspecified atom stereocenters. The highest BCUT2D eigenvalue weighted by atomic mass is 35.5. The standard InChI is InChI=1S/C14H18ClNO/c1-11(17)13-5-3-7-16(10-13)9-12-4-2-6-14(15)8-12/h2,4,6,8,13H,3,5,7,9-10H2,1H3. The summed E-state index contributed by atoms with van der Waals surface area (Å²) in [5.74, 6) is 0.545. The molecule has 1 aromatic carbocycles. The molecule has 2 rings (SSSR count). The lowest BCUT2D eigenvalue weighted by Gasteiger charge is -2.31. The number of rotatable bonds is 3. The first-order valence-electron chi connectivity index (χ1n) is 6.12. The van der Waals surface area contributed by atoms with E-state index in [1.807, 2.05) is 18.2 Å². The van der Waals surface area contributed by atoms with Crippen molar-refractivity contribution < 1.29 is 4.79 Å². The number of piperidine rings is 1. The molecule has 92 valence electrons. The highest BCUT2D eigenvalue weighted by Crippen LogP contribution is 2.20. The van der Waals surface area contributed by atoms with E-state index in [9.17, 15) is 4.79 Å². The van der Waals surface area contributed by atoms with Crippen LogP contribution < -0.4 is 0 Å². The van der Waals surface area contributed by atoms with Crippen molar-refractivity contribution in [3.63, 3.8) is 0 Å². The molecule has 1 atom stereocenters. The average Bonchev–Trinajstić information content (AvgIpc) is 2.29. The van der Waals surface area contributed by atoms with Gasteiger partial charge in [0.15, 0.2) is 0 Å². The second kappa shape index (κ2) is 5.65. The van der Waals surface area contributed by atoms with E-state index in [1.165, 1.54) is 5.56 Å². The molecule has 0 N–H and O–H groups in total. The second-order valence-electron chi connectivity index (χ2n) is 4.81. The van der Waals surface area contributed by atoms with Crippen LogP contribution in [-0.4, -0.2) is 23.8 Å². The second-order valence-corrected chi connectivity index (χ2v) is 5.25. The van der Waals surface area contributed by atoms with Crippen LogP contribution in [0.5, 0.6) is 0 Å². The SMILES string of the molecule is CC(=O)C1CCCN(Cc2cccc(Cl)c2)C1. The maximum atomic E-state index is 11.4. The largest absolute Gasteiger partial charge is 0.300 e. The van der Waals surface area contributed by atoms with Crippen LogP contribution in [0.2, 0.25) is 5.02 Å². The number of carbonyl (C=O) groups excluding carboxylic acids is 1. The Bertz CT molecular complexity index is 405. The Morgan fingerprint density at radius 1 is 1.53 bits per heavy atom. The predicted octanol–water partition coefficient (Wildman–Crippen LogP) is 3.14. The molecule has 2 nitrogen and oxygen atoms in total. The molecular formula is C14H18ClNO. The summed E-state index contributed by atoms with van der Waals surface area (Å²) in [5.41, 5.74) is 1.22. The van der Waals surface area contributed by atoms with Gasteiger partial charge in [0.1, 0.15) is 5.78 Å². The Morgan fingerprint density at radius 3 is 3.06 bits per heavy atom. The third-order valence-electron chi connectivity index (χ3n) is 3.38. The fraction of sp³-hybridized carbons (Fsp3) is 0.500. The smallest absolute Gasteiger partial charge is 0.134 e. The quantitative estimate of drug-likeness (QED) is 0.823. The van der Waals surface area contributed by atoms with Gasteiger partial charge in [-0.25, -0.2) is 0 Å². The van der Waals surface area contributed by atoms with Crippen LogP contribution in [0.3, 0.4) is 0 Å². The molecule has 0 amide bonds. The van der Waals surface area contributed by atoms with Gasteiger partial charge in [0.2, 0.25) is 0 Å². The van der Waals surface area contributed by atoms with Gasteiger partial charge in [-0.1, -0.05) is 23.7 Å². The lowest BCUT2D eigenvalue weighted by atomic mass is 9.94. The number of ketones is 1. The van der Waals surface area contributed by atoms with E-state index in [1.54, 1.807) is 6.92 Å². The number of hydrogen-bond donors (Lipinski definition) is 0. The van der Waals surface area contributed by atoms with Crippen molar-refractivity contribution in [3.8, 4) is 0 Å². The van der Waals surface area contributed by atoms with Crippen LogP contribution >= 0.6 is 11.6 Å². The predicted molar refractivity (Wildman–Crippen MR) is 70.1 cm³/mol. The van der Waals surface area contributed by atoms with Gasteiger partial charge in [-0.15, -0.1) is 0 Å². The Labute approximate surface area is 108 Å². The van der Waals surface area contributed by atoms with E-state index in [2.05, 4.69) is 11.0 Å². The first kappa shape index (κ1) is 12.6. The van der Waals surface area contributed by atoms with E-state index in [-0.39, 0.29) is 5.92 Å². The van der Waals surface area contributed by atoms with Crippen molar-refractivity contribution in [1.29, 1.82) is 0 Å². The van der Waals surface area contributed by atoms with Crippen LogP contribution in [0.15, 0.2) is 24.3 Å². The fourth-order valence-electron chi connectivity index (χ4n) is 2.42. The molecule has 1 aromatic rings. The highest BCUT2D eigenvalue weighted by Gasteiger charge is 2.22. The molecule has 0 saturated carbocycles. The summed E-state index contributed by atoms with van der Waals surface area (Å²) in [6.07, 6.45) is 2.16. The molecule has 17 heavy (non-hydrogen) atoms. The van der Waals surface area contributed by atoms with Gasteiger partial charge in [0.05, 0.1) is 0 Å². The molecule has 1 heterocycles. The zero-order valence-electron chi connectivity index (χ0n) is 10.2. The van der Waals surface area contributed by atoms with Crippen molar-refractivity contribution >= 4 is 17.4 Å². The molecule has 0 spiro atoms. The van der Waals surface area contributed by atoms with E-state index < -0.39 is 0 Å². The van der Waals surface area contributed by atoms with Gasteiger partial charge in [-0.3, -0.25) is 9.69 Å². The third kappa shape index (κ3) is 3.55. The Kier molecular flexibility index (Phi) is 4.19. The molecule has 1 aliphatic rings. The summed E-state index contributed by atoms with van der Waals surface area (Å²) >= 11 is 5.97. The maximum Gasteiger partial charge on any atom is 0.134 e. The van der Waals surface area contributed by atoms with E-state index in [4.69, 9.17) is 11.6 Å². The molecule has 1 aliphatic heterocycles. The third-order valence-corrected chi connectivity index (χ3v) is 3.61. The average molecular weight is 252 g/mol. The number of likely N-dealkylation sites (tertiary alicyclic amines) is 1. The minimum atomic E-state index is 0.225. The van der Waals surface area contributed by atoms with Crippen LogP contribution in [0.1, 0.15) is 25.3 Å². The van der Waals surface area contributed by atoms with Gasteiger partial charge in [0.25, 0.3) is 0 Å². The number of benzene rings is 1. The summed E-state index contributed by atoms with van der Waals surface area (Å²) in [6, 6.07) is 7.95. The van der Waals surface area contributed by atoms with Gasteiger partial charge < -0.3 is 0 Å². The Balaban J connectivity index is 1.97. The highest BCUT2D eigenvalue weighted by molar-refractivity contribution is 6.30. The van der Waals surface area contributed by atoms with Crippen molar-refractivity contribution in [1.82, 2.24) is 4.90 Å². The fourth-order valence-corrected chi connectivity index (χ4v) is 2.64. The Hall–Kier alpha value is -0.860. The van der Waals surface area contributed by atoms with Crippen LogP contribution in [0.4, 0.5) is 0 Å². The molecule has 0 aromatic heterocycles. The summed E-state index contributed by atoms with van der Waals surface area (Å²) in [4.78, 5) is 13.8. The molecule has 1 fully saturated rings. The molecule has 0 aliphatic carbocycles. The van der Waals surface area contributed by atoms with Gasteiger partial charge >= 0.3 is 0 Å². The van der Waals surface area contributed by atoms with Crippen molar-refractivity contribution in [3.05, 3.63) is 34.9 Å². The lowest BCUT2D eigenvalue weighted by molar-refractivity contribution is -0.122.